The molecule has 0 saturated heterocycles. The van der Waals surface area contributed by atoms with Gasteiger partial charge < -0.3 is 5.11 Å². The van der Waals surface area contributed by atoms with Gasteiger partial charge in [0.05, 0.1) is 5.92 Å². The topological polar surface area (TPSA) is 64.2 Å². The van der Waals surface area contributed by atoms with Gasteiger partial charge in [-0.05, 0) is 6.92 Å². The van der Waals surface area contributed by atoms with Crippen molar-refractivity contribution in [2.45, 2.75) is 26.9 Å². The minimum Gasteiger partial charge on any atom is -0.481 e. The first-order valence-electron chi connectivity index (χ1n) is 4.54. The van der Waals surface area contributed by atoms with Crippen LogP contribution in [0.4, 0.5) is 0 Å². The number of aromatic nitrogens is 2. The number of hydrogen-bond acceptors (Lipinski definition) is 2. The first-order valence-corrected chi connectivity index (χ1v) is 4.54. The summed E-state index contributed by atoms with van der Waals surface area (Å²) in [6, 6.07) is 0. The number of hydrogen-bond donors (Lipinski definition) is 1. The van der Waals surface area contributed by atoms with E-state index in [1.807, 2.05) is 6.92 Å². The standard InChI is InChI=1S/C9H14N2O3/c1-3-10-4-5-11(9(10)14)6-7(2)8(12)13/h4-5,7H,3,6H2,1-2H3,(H,12,13). The normalized spacial score (nSPS) is 12.7. The van der Waals surface area contributed by atoms with E-state index in [1.165, 1.54) is 9.13 Å². The molecule has 1 N–H and O–H groups in total. The molecule has 0 fully saturated rings. The zero-order valence-corrected chi connectivity index (χ0v) is 8.30. The van der Waals surface area contributed by atoms with Crippen LogP contribution in [-0.4, -0.2) is 20.2 Å². The van der Waals surface area contributed by atoms with Crippen LogP contribution in [0.1, 0.15) is 13.8 Å². The Hall–Kier alpha value is -1.52. The molecule has 1 aromatic heterocycles. The van der Waals surface area contributed by atoms with Gasteiger partial charge in [0.15, 0.2) is 0 Å². The number of aryl methyl sites for hydroxylation is 1. The predicted molar refractivity (Wildman–Crippen MR) is 51.2 cm³/mol. The highest BCUT2D eigenvalue weighted by atomic mass is 16.4. The second kappa shape index (κ2) is 4.13. The lowest BCUT2D eigenvalue weighted by Gasteiger charge is -2.05. The van der Waals surface area contributed by atoms with Gasteiger partial charge in [0.2, 0.25) is 0 Å². The fourth-order valence-corrected chi connectivity index (χ4v) is 1.21. The highest BCUT2D eigenvalue weighted by Gasteiger charge is 2.13. The molecule has 1 aromatic rings. The van der Waals surface area contributed by atoms with Crippen molar-refractivity contribution < 1.29 is 9.90 Å². The Bertz CT molecular complexity index is 378. The van der Waals surface area contributed by atoms with Crippen molar-refractivity contribution >= 4 is 5.97 Å². The molecule has 0 radical (unpaired) electrons. The van der Waals surface area contributed by atoms with Crippen molar-refractivity contribution in [1.29, 1.82) is 0 Å². The second-order valence-corrected chi connectivity index (χ2v) is 3.26. The Labute approximate surface area is 81.6 Å². The maximum absolute atomic E-state index is 11.5. The predicted octanol–water partition coefficient (Wildman–Crippen LogP) is 0.390. The molecule has 5 nitrogen and oxygen atoms in total. The fraction of sp³-hybridized carbons (Fsp3) is 0.556. The van der Waals surface area contributed by atoms with Crippen molar-refractivity contribution in [3.63, 3.8) is 0 Å². The smallest absolute Gasteiger partial charge is 0.328 e. The van der Waals surface area contributed by atoms with Crippen molar-refractivity contribution in [3.8, 4) is 0 Å². The number of rotatable bonds is 4. The fourth-order valence-electron chi connectivity index (χ4n) is 1.21. The summed E-state index contributed by atoms with van der Waals surface area (Å²) in [4.78, 5) is 22.1. The molecular weight excluding hydrogens is 184 g/mol. The number of carboxylic acids is 1. The Balaban J connectivity index is 2.83. The number of carbonyl (C=O) groups is 1. The quantitative estimate of drug-likeness (QED) is 0.761. The van der Waals surface area contributed by atoms with E-state index in [0.717, 1.165) is 0 Å². The van der Waals surface area contributed by atoms with Crippen LogP contribution >= 0.6 is 0 Å². The van der Waals surface area contributed by atoms with E-state index in [2.05, 4.69) is 0 Å². The molecule has 0 saturated carbocycles. The minimum absolute atomic E-state index is 0.152. The van der Waals surface area contributed by atoms with Gasteiger partial charge in [-0.2, -0.15) is 0 Å². The zero-order valence-electron chi connectivity index (χ0n) is 8.30. The van der Waals surface area contributed by atoms with Gasteiger partial charge >= 0.3 is 11.7 Å². The average Bonchev–Trinajstić information content (AvgIpc) is 2.47. The van der Waals surface area contributed by atoms with Crippen molar-refractivity contribution in [2.75, 3.05) is 0 Å². The van der Waals surface area contributed by atoms with E-state index in [0.29, 0.717) is 6.54 Å². The lowest BCUT2D eigenvalue weighted by Crippen LogP contribution is -2.27. The zero-order chi connectivity index (χ0) is 10.7. The number of imidazole rings is 1. The SMILES string of the molecule is CCn1ccn(CC(C)C(=O)O)c1=O. The number of carboxylic acid groups (broad SMARTS) is 1. The van der Waals surface area contributed by atoms with Gasteiger partial charge in [0.25, 0.3) is 0 Å². The van der Waals surface area contributed by atoms with Crippen molar-refractivity contribution in [1.82, 2.24) is 9.13 Å². The number of aliphatic carboxylic acids is 1. The average molecular weight is 198 g/mol. The largest absolute Gasteiger partial charge is 0.481 e. The van der Waals surface area contributed by atoms with Gasteiger partial charge in [0.1, 0.15) is 0 Å². The van der Waals surface area contributed by atoms with E-state index in [9.17, 15) is 9.59 Å². The molecule has 1 atom stereocenters. The van der Waals surface area contributed by atoms with Crippen LogP contribution in [0.3, 0.4) is 0 Å². The lowest BCUT2D eigenvalue weighted by atomic mass is 10.2. The van der Waals surface area contributed by atoms with E-state index in [4.69, 9.17) is 5.11 Å². The highest BCUT2D eigenvalue weighted by molar-refractivity contribution is 5.69. The maximum Gasteiger partial charge on any atom is 0.328 e. The molecule has 14 heavy (non-hydrogen) atoms. The summed E-state index contributed by atoms with van der Waals surface area (Å²) in [6.07, 6.45) is 3.28. The van der Waals surface area contributed by atoms with Crippen molar-refractivity contribution in [3.05, 3.63) is 22.9 Å². The molecule has 0 spiro atoms. The third-order valence-electron chi connectivity index (χ3n) is 2.15. The van der Waals surface area contributed by atoms with Gasteiger partial charge in [-0.1, -0.05) is 6.92 Å². The molecule has 0 bridgehead atoms. The summed E-state index contributed by atoms with van der Waals surface area (Å²) < 4.78 is 2.96. The highest BCUT2D eigenvalue weighted by Crippen LogP contribution is 1.98. The third-order valence-corrected chi connectivity index (χ3v) is 2.15. The summed E-state index contributed by atoms with van der Waals surface area (Å²) >= 11 is 0. The van der Waals surface area contributed by atoms with Gasteiger partial charge in [-0.15, -0.1) is 0 Å². The first kappa shape index (κ1) is 10.6. The Morgan fingerprint density at radius 2 is 2.07 bits per heavy atom. The first-order chi connectivity index (χ1) is 6.56. The van der Waals surface area contributed by atoms with E-state index in [1.54, 1.807) is 19.3 Å². The van der Waals surface area contributed by atoms with E-state index in [-0.39, 0.29) is 12.2 Å². The third kappa shape index (κ3) is 2.04. The van der Waals surface area contributed by atoms with Crippen LogP contribution in [0, 0.1) is 5.92 Å². The molecule has 1 rings (SSSR count). The molecule has 0 aliphatic carbocycles. The summed E-state index contributed by atoms with van der Waals surface area (Å²) in [6.45, 7) is 4.28. The van der Waals surface area contributed by atoms with Crippen LogP contribution < -0.4 is 5.69 Å². The van der Waals surface area contributed by atoms with Crippen LogP contribution in [0.5, 0.6) is 0 Å². The van der Waals surface area contributed by atoms with Crippen LogP contribution in [0.25, 0.3) is 0 Å². The Morgan fingerprint density at radius 1 is 1.50 bits per heavy atom. The molecule has 0 aromatic carbocycles. The summed E-state index contributed by atoms with van der Waals surface area (Å²) in [5, 5.41) is 8.68. The molecule has 0 aliphatic heterocycles. The minimum atomic E-state index is -0.888. The summed E-state index contributed by atoms with van der Waals surface area (Å²) in [7, 11) is 0. The molecule has 5 heteroatoms. The Kier molecular flexibility index (Phi) is 3.11. The molecule has 78 valence electrons. The van der Waals surface area contributed by atoms with Crippen LogP contribution in [0.2, 0.25) is 0 Å². The van der Waals surface area contributed by atoms with Crippen molar-refractivity contribution in [2.24, 2.45) is 5.92 Å². The number of nitrogens with zero attached hydrogens (tertiary/aromatic N) is 2. The maximum atomic E-state index is 11.5. The van der Waals surface area contributed by atoms with Crippen LogP contribution in [0.15, 0.2) is 17.2 Å². The molecule has 1 heterocycles. The van der Waals surface area contributed by atoms with Crippen LogP contribution in [-0.2, 0) is 17.9 Å². The molecular formula is C9H14N2O3. The molecule has 1 unspecified atom stereocenters. The molecule has 0 amide bonds. The van der Waals surface area contributed by atoms with Gasteiger partial charge in [0, 0.05) is 25.5 Å². The molecule has 0 aliphatic rings. The van der Waals surface area contributed by atoms with Gasteiger partial charge in [-0.3, -0.25) is 13.9 Å². The van der Waals surface area contributed by atoms with Gasteiger partial charge in [-0.25, -0.2) is 4.79 Å². The Morgan fingerprint density at radius 3 is 2.50 bits per heavy atom. The monoisotopic (exact) mass is 198 g/mol. The van der Waals surface area contributed by atoms with E-state index >= 15 is 0 Å². The summed E-state index contributed by atoms with van der Waals surface area (Å²) in [5.74, 6) is -1.43. The summed E-state index contributed by atoms with van der Waals surface area (Å²) in [5.41, 5.74) is -0.152. The second-order valence-electron chi connectivity index (χ2n) is 3.26. The van der Waals surface area contributed by atoms with E-state index < -0.39 is 11.9 Å². The lowest BCUT2D eigenvalue weighted by molar-refractivity contribution is -0.141.